The fraction of sp³-hybridized carbons (Fsp3) is 0.500. The molecule has 0 saturated heterocycles. The summed E-state index contributed by atoms with van der Waals surface area (Å²) in [7, 11) is 0. The van der Waals surface area contributed by atoms with E-state index in [-0.39, 0.29) is 18.5 Å². The summed E-state index contributed by atoms with van der Waals surface area (Å²) in [5.41, 5.74) is 0. The molecule has 0 spiro atoms. The van der Waals surface area contributed by atoms with Gasteiger partial charge in [-0.1, -0.05) is 6.92 Å². The van der Waals surface area contributed by atoms with Crippen LogP contribution in [0, 0.1) is 0 Å². The monoisotopic (exact) mass is 254 g/mol. The van der Waals surface area contributed by atoms with E-state index in [1.807, 2.05) is 19.9 Å². The largest absolute Gasteiger partial charge is 0.463 e. The zero-order valence-electron chi connectivity index (χ0n) is 10.7. The number of carbonyl (C=O) groups excluding carboxylic acids is 2. The lowest BCUT2D eigenvalue weighted by atomic mass is 10.2. The van der Waals surface area contributed by atoms with Crippen LogP contribution in [0.25, 0.3) is 0 Å². The molecule has 6 nitrogen and oxygen atoms in total. The number of nitrogens with one attached hydrogen (secondary N) is 2. The van der Waals surface area contributed by atoms with Gasteiger partial charge in [-0.05, 0) is 25.5 Å². The summed E-state index contributed by atoms with van der Waals surface area (Å²) in [5.74, 6) is 0.486. The summed E-state index contributed by atoms with van der Waals surface area (Å²) in [6.45, 7) is 4.62. The molecule has 1 aromatic rings. The topological polar surface area (TPSA) is 88.0 Å². The highest BCUT2D eigenvalue weighted by Crippen LogP contribution is 2.06. The van der Waals surface area contributed by atoms with Gasteiger partial charge in [0, 0.05) is 6.54 Å². The van der Waals surface area contributed by atoms with E-state index in [9.17, 15) is 9.59 Å². The van der Waals surface area contributed by atoms with Crippen molar-refractivity contribution in [1.29, 1.82) is 0 Å². The van der Waals surface area contributed by atoms with Crippen molar-refractivity contribution in [3.8, 4) is 0 Å². The minimum Gasteiger partial charge on any atom is -0.463 e. The van der Waals surface area contributed by atoms with Crippen LogP contribution in [0.2, 0.25) is 0 Å². The molecule has 0 aromatic carbocycles. The predicted molar refractivity (Wildman–Crippen MR) is 65.7 cm³/mol. The maximum Gasteiger partial charge on any atom is 0.321 e. The normalized spacial score (nSPS) is 11.9. The number of nitrogens with two attached hydrogens (primary N) is 1. The smallest absolute Gasteiger partial charge is 0.321 e. The molecular weight excluding hydrogens is 234 g/mol. The molecule has 18 heavy (non-hydrogen) atoms. The van der Waals surface area contributed by atoms with E-state index in [0.717, 1.165) is 12.2 Å². The molecule has 1 rings (SSSR count). The van der Waals surface area contributed by atoms with Crippen molar-refractivity contribution in [2.75, 3.05) is 13.1 Å². The molecule has 0 fully saturated rings. The van der Waals surface area contributed by atoms with Crippen molar-refractivity contribution in [1.82, 2.24) is 10.6 Å². The van der Waals surface area contributed by atoms with Crippen LogP contribution in [0.5, 0.6) is 0 Å². The number of hydrogen-bond donors (Lipinski definition) is 3. The van der Waals surface area contributed by atoms with Gasteiger partial charge in [0.2, 0.25) is 0 Å². The predicted octanol–water partition coefficient (Wildman–Crippen LogP) is 0.140. The third-order valence-corrected chi connectivity index (χ3v) is 2.44. The lowest BCUT2D eigenvalue weighted by Gasteiger charge is -2.08. The Kier molecular flexibility index (Phi) is 5.93. The molecule has 0 saturated carbocycles. The standard InChI is InChI=1S/C12H19N3O3/c1-3-6-13-12(17)15-11(16)8-14-9(2)10-5-4-7-18-10/h4-5,7,9,14H,3,6,8H2,1-2H3,(H2,13,15,16,17)/p+1/t9-/m1/s1. The van der Waals surface area contributed by atoms with Gasteiger partial charge in [-0.15, -0.1) is 0 Å². The maximum absolute atomic E-state index is 11.5. The fourth-order valence-corrected chi connectivity index (χ4v) is 1.41. The van der Waals surface area contributed by atoms with Crippen LogP contribution in [0.15, 0.2) is 22.8 Å². The van der Waals surface area contributed by atoms with Crippen LogP contribution in [0.1, 0.15) is 32.1 Å². The molecule has 1 atom stereocenters. The summed E-state index contributed by atoms with van der Waals surface area (Å²) < 4.78 is 5.22. The Hall–Kier alpha value is -1.82. The van der Waals surface area contributed by atoms with Gasteiger partial charge in [0.15, 0.2) is 12.3 Å². The Balaban J connectivity index is 2.22. The Morgan fingerprint density at radius 1 is 1.50 bits per heavy atom. The van der Waals surface area contributed by atoms with E-state index in [1.54, 1.807) is 17.6 Å². The average molecular weight is 254 g/mol. The van der Waals surface area contributed by atoms with Crippen molar-refractivity contribution in [3.05, 3.63) is 24.2 Å². The van der Waals surface area contributed by atoms with Crippen molar-refractivity contribution >= 4 is 11.9 Å². The van der Waals surface area contributed by atoms with E-state index < -0.39 is 6.03 Å². The zero-order chi connectivity index (χ0) is 13.4. The van der Waals surface area contributed by atoms with E-state index in [1.165, 1.54) is 0 Å². The summed E-state index contributed by atoms with van der Waals surface area (Å²) in [4.78, 5) is 22.7. The molecule has 0 radical (unpaired) electrons. The molecule has 4 N–H and O–H groups in total. The van der Waals surface area contributed by atoms with Crippen LogP contribution in [-0.4, -0.2) is 25.0 Å². The highest BCUT2D eigenvalue weighted by molar-refractivity contribution is 5.94. The quantitative estimate of drug-likeness (QED) is 0.674. The molecular formula is C12H20N3O3+. The highest BCUT2D eigenvalue weighted by atomic mass is 16.3. The molecule has 0 aliphatic heterocycles. The van der Waals surface area contributed by atoms with Crippen LogP contribution in [0.4, 0.5) is 4.79 Å². The molecule has 100 valence electrons. The van der Waals surface area contributed by atoms with Crippen LogP contribution in [0.3, 0.4) is 0 Å². The third kappa shape index (κ3) is 5.01. The molecule has 3 amide bonds. The first-order valence-corrected chi connectivity index (χ1v) is 6.08. The second kappa shape index (κ2) is 7.50. The number of amides is 3. The van der Waals surface area contributed by atoms with Crippen LogP contribution >= 0.6 is 0 Å². The van der Waals surface area contributed by atoms with Crippen molar-refractivity contribution in [2.24, 2.45) is 0 Å². The van der Waals surface area contributed by atoms with Gasteiger partial charge >= 0.3 is 6.03 Å². The third-order valence-electron chi connectivity index (χ3n) is 2.44. The molecule has 0 aliphatic rings. The van der Waals surface area contributed by atoms with Crippen LogP contribution < -0.4 is 16.0 Å². The summed E-state index contributed by atoms with van der Waals surface area (Å²) in [6.07, 6.45) is 2.43. The Morgan fingerprint density at radius 3 is 2.89 bits per heavy atom. The molecule has 6 heteroatoms. The van der Waals surface area contributed by atoms with Gasteiger partial charge in [-0.3, -0.25) is 10.1 Å². The molecule has 0 unspecified atom stereocenters. The minimum atomic E-state index is -0.444. The number of rotatable bonds is 6. The first-order valence-electron chi connectivity index (χ1n) is 6.08. The molecule has 1 heterocycles. The van der Waals surface area contributed by atoms with Gasteiger partial charge in [-0.25, -0.2) is 4.79 Å². The Labute approximate surface area is 106 Å². The van der Waals surface area contributed by atoms with E-state index >= 15 is 0 Å². The average Bonchev–Trinajstić information content (AvgIpc) is 2.87. The highest BCUT2D eigenvalue weighted by Gasteiger charge is 2.14. The fourth-order valence-electron chi connectivity index (χ4n) is 1.41. The van der Waals surface area contributed by atoms with Crippen molar-refractivity contribution < 1.29 is 19.3 Å². The van der Waals surface area contributed by atoms with E-state index in [4.69, 9.17) is 4.42 Å². The van der Waals surface area contributed by atoms with E-state index in [2.05, 4.69) is 10.6 Å². The van der Waals surface area contributed by atoms with E-state index in [0.29, 0.717) is 6.54 Å². The molecule has 0 aliphatic carbocycles. The molecule has 0 bridgehead atoms. The number of carbonyl (C=O) groups is 2. The van der Waals surface area contributed by atoms with Gasteiger partial charge in [-0.2, -0.15) is 0 Å². The minimum absolute atomic E-state index is 0.0458. The Bertz CT molecular complexity index is 376. The van der Waals surface area contributed by atoms with Crippen LogP contribution in [-0.2, 0) is 4.79 Å². The van der Waals surface area contributed by atoms with Crippen molar-refractivity contribution in [2.45, 2.75) is 26.3 Å². The second-order valence-corrected chi connectivity index (χ2v) is 4.05. The summed E-state index contributed by atoms with van der Waals surface area (Å²) in [6, 6.07) is 3.26. The lowest BCUT2D eigenvalue weighted by molar-refractivity contribution is -0.684. The number of quaternary nitrogens is 1. The number of urea groups is 1. The first-order chi connectivity index (χ1) is 8.63. The van der Waals surface area contributed by atoms with Gasteiger partial charge in [0.05, 0.1) is 6.26 Å². The maximum atomic E-state index is 11.5. The van der Waals surface area contributed by atoms with Gasteiger partial charge in [0.25, 0.3) is 5.91 Å². The van der Waals surface area contributed by atoms with Gasteiger partial charge in [0.1, 0.15) is 6.04 Å². The summed E-state index contributed by atoms with van der Waals surface area (Å²) >= 11 is 0. The summed E-state index contributed by atoms with van der Waals surface area (Å²) in [5, 5.41) is 6.65. The lowest BCUT2D eigenvalue weighted by Crippen LogP contribution is -2.87. The SMILES string of the molecule is CCCNC(=O)NC(=O)C[NH2+][C@H](C)c1ccco1. The second-order valence-electron chi connectivity index (χ2n) is 4.05. The Morgan fingerprint density at radius 2 is 2.28 bits per heavy atom. The zero-order valence-corrected chi connectivity index (χ0v) is 10.7. The van der Waals surface area contributed by atoms with Crippen molar-refractivity contribution in [3.63, 3.8) is 0 Å². The number of imide groups is 1. The first kappa shape index (κ1) is 14.2. The molecule has 1 aromatic heterocycles. The van der Waals surface area contributed by atoms with Gasteiger partial charge < -0.3 is 15.1 Å². The number of hydrogen-bond acceptors (Lipinski definition) is 3. The number of furan rings is 1.